The SMILES string of the molecule is CCCPCNS. The highest BCUT2D eigenvalue weighted by atomic mass is 32.1. The Morgan fingerprint density at radius 2 is 2.43 bits per heavy atom. The average molecular weight is 137 g/mol. The van der Waals surface area contributed by atoms with Crippen molar-refractivity contribution < 1.29 is 0 Å². The summed E-state index contributed by atoms with van der Waals surface area (Å²) in [6.45, 7) is 2.20. The molecule has 0 aromatic rings. The summed E-state index contributed by atoms with van der Waals surface area (Å²) in [5, 5.41) is 0. The molecular weight excluding hydrogens is 125 g/mol. The minimum Gasteiger partial charge on any atom is -0.263 e. The fourth-order valence-corrected chi connectivity index (χ4v) is 1.30. The Kier molecular flexibility index (Phi) is 7.45. The van der Waals surface area contributed by atoms with Crippen LogP contribution in [0.1, 0.15) is 13.3 Å². The summed E-state index contributed by atoms with van der Waals surface area (Å²) in [5.41, 5.74) is 0. The summed E-state index contributed by atoms with van der Waals surface area (Å²) in [5.74, 6) is 0. The van der Waals surface area contributed by atoms with Crippen molar-refractivity contribution >= 4 is 21.4 Å². The molecule has 0 saturated heterocycles. The fraction of sp³-hybridized carbons (Fsp3) is 1.00. The van der Waals surface area contributed by atoms with E-state index in [1.165, 1.54) is 12.6 Å². The molecule has 0 saturated carbocycles. The number of nitrogens with one attached hydrogen (secondary N) is 1. The highest BCUT2D eigenvalue weighted by Gasteiger charge is 1.78. The minimum absolute atomic E-state index is 1.04. The van der Waals surface area contributed by atoms with Crippen LogP contribution in [0.15, 0.2) is 0 Å². The Hall–Kier alpha value is 0.740. The molecule has 0 radical (unpaired) electrons. The van der Waals surface area contributed by atoms with Gasteiger partial charge in [0.25, 0.3) is 0 Å². The van der Waals surface area contributed by atoms with Gasteiger partial charge < -0.3 is 0 Å². The first-order chi connectivity index (χ1) is 3.41. The van der Waals surface area contributed by atoms with Crippen LogP contribution in [0, 0.1) is 0 Å². The van der Waals surface area contributed by atoms with Gasteiger partial charge in [0, 0.05) is 6.29 Å². The summed E-state index contributed by atoms with van der Waals surface area (Å²) in [6, 6.07) is 0. The van der Waals surface area contributed by atoms with E-state index in [2.05, 4.69) is 24.5 Å². The molecule has 0 aromatic carbocycles. The van der Waals surface area contributed by atoms with Gasteiger partial charge in [-0.3, -0.25) is 4.72 Å². The highest BCUT2D eigenvalue weighted by Crippen LogP contribution is 2.07. The van der Waals surface area contributed by atoms with Crippen LogP contribution in [0.3, 0.4) is 0 Å². The smallest absolute Gasteiger partial charge is 0.0228 e. The largest absolute Gasteiger partial charge is 0.263 e. The van der Waals surface area contributed by atoms with E-state index >= 15 is 0 Å². The van der Waals surface area contributed by atoms with Crippen molar-refractivity contribution in [2.24, 2.45) is 0 Å². The van der Waals surface area contributed by atoms with Gasteiger partial charge in [-0.1, -0.05) is 26.2 Å². The lowest BCUT2D eigenvalue weighted by atomic mass is 10.6. The molecule has 0 bridgehead atoms. The van der Waals surface area contributed by atoms with Crippen LogP contribution < -0.4 is 4.72 Å². The lowest BCUT2D eigenvalue weighted by Crippen LogP contribution is -1.93. The van der Waals surface area contributed by atoms with Crippen molar-refractivity contribution in [2.45, 2.75) is 13.3 Å². The van der Waals surface area contributed by atoms with Crippen LogP contribution in [-0.4, -0.2) is 12.4 Å². The van der Waals surface area contributed by atoms with Crippen molar-refractivity contribution in [3.63, 3.8) is 0 Å². The molecule has 0 aliphatic carbocycles. The molecule has 0 aliphatic heterocycles. The van der Waals surface area contributed by atoms with Gasteiger partial charge in [-0.05, 0) is 6.16 Å². The normalized spacial score (nSPS) is 11.1. The zero-order chi connectivity index (χ0) is 5.54. The van der Waals surface area contributed by atoms with Crippen LogP contribution in [0.25, 0.3) is 0 Å². The van der Waals surface area contributed by atoms with Crippen LogP contribution in [0.4, 0.5) is 0 Å². The topological polar surface area (TPSA) is 12.0 Å². The highest BCUT2D eigenvalue weighted by molar-refractivity contribution is 7.78. The first-order valence-corrected chi connectivity index (χ1v) is 4.35. The first-order valence-electron chi connectivity index (χ1n) is 2.49. The Morgan fingerprint density at radius 1 is 1.71 bits per heavy atom. The summed E-state index contributed by atoms with van der Waals surface area (Å²) in [7, 11) is 1.04. The second-order valence-electron chi connectivity index (χ2n) is 1.33. The number of hydrogen-bond donors (Lipinski definition) is 2. The van der Waals surface area contributed by atoms with Gasteiger partial charge in [0.1, 0.15) is 0 Å². The summed E-state index contributed by atoms with van der Waals surface area (Å²) >= 11 is 3.85. The molecular formula is C4H12NPS. The molecule has 1 atom stereocenters. The molecule has 3 heteroatoms. The molecule has 0 spiro atoms. The van der Waals surface area contributed by atoms with Gasteiger partial charge in [0.05, 0.1) is 0 Å². The lowest BCUT2D eigenvalue weighted by Gasteiger charge is -1.93. The molecule has 0 aliphatic rings. The standard InChI is InChI=1S/C4H12NPS/c1-2-3-6-4-5-7/h5-7H,2-4H2,1H3. The third-order valence-electron chi connectivity index (χ3n) is 0.631. The molecule has 0 heterocycles. The monoisotopic (exact) mass is 137 g/mol. The molecule has 1 nitrogen and oxygen atoms in total. The molecule has 0 fully saturated rings. The molecule has 1 unspecified atom stereocenters. The zero-order valence-corrected chi connectivity index (χ0v) is 6.46. The van der Waals surface area contributed by atoms with E-state index in [4.69, 9.17) is 0 Å². The molecule has 44 valence electrons. The van der Waals surface area contributed by atoms with Crippen LogP contribution in [-0.2, 0) is 0 Å². The van der Waals surface area contributed by atoms with Gasteiger partial charge in [-0.15, -0.1) is 8.58 Å². The zero-order valence-electron chi connectivity index (χ0n) is 4.57. The number of thiol groups is 1. The number of hydrogen-bond acceptors (Lipinski definition) is 2. The van der Waals surface area contributed by atoms with Crippen molar-refractivity contribution in [1.29, 1.82) is 0 Å². The van der Waals surface area contributed by atoms with Crippen molar-refractivity contribution in [2.75, 3.05) is 12.4 Å². The summed E-state index contributed by atoms with van der Waals surface area (Å²) in [4.78, 5) is 0. The quantitative estimate of drug-likeness (QED) is 0.339. The maximum absolute atomic E-state index is 3.85. The first kappa shape index (κ1) is 7.74. The second kappa shape index (κ2) is 6.74. The van der Waals surface area contributed by atoms with E-state index in [-0.39, 0.29) is 0 Å². The van der Waals surface area contributed by atoms with Crippen LogP contribution in [0.5, 0.6) is 0 Å². The van der Waals surface area contributed by atoms with Crippen LogP contribution in [0.2, 0.25) is 0 Å². The molecule has 1 N–H and O–H groups in total. The van der Waals surface area contributed by atoms with Crippen molar-refractivity contribution in [3.05, 3.63) is 0 Å². The maximum atomic E-state index is 3.85. The predicted molar refractivity (Wildman–Crippen MR) is 40.5 cm³/mol. The fourth-order valence-electron chi connectivity index (χ4n) is 0.321. The van der Waals surface area contributed by atoms with E-state index in [9.17, 15) is 0 Å². The lowest BCUT2D eigenvalue weighted by molar-refractivity contribution is 1.09. The molecule has 7 heavy (non-hydrogen) atoms. The Bertz CT molecular complexity index is 30.9. The van der Waals surface area contributed by atoms with Crippen LogP contribution >= 0.6 is 21.4 Å². The molecule has 0 rings (SSSR count). The third-order valence-corrected chi connectivity index (χ3v) is 2.37. The predicted octanol–water partition coefficient (Wildman–Crippen LogP) is 1.47. The van der Waals surface area contributed by atoms with Gasteiger partial charge >= 0.3 is 0 Å². The number of rotatable bonds is 4. The summed E-state index contributed by atoms with van der Waals surface area (Å²) in [6.07, 6.45) is 3.71. The van der Waals surface area contributed by atoms with Gasteiger partial charge in [0.2, 0.25) is 0 Å². The second-order valence-corrected chi connectivity index (χ2v) is 3.00. The molecule has 0 aromatic heterocycles. The van der Waals surface area contributed by atoms with E-state index in [1.807, 2.05) is 0 Å². The van der Waals surface area contributed by atoms with Crippen molar-refractivity contribution in [1.82, 2.24) is 4.72 Å². The van der Waals surface area contributed by atoms with Gasteiger partial charge in [-0.25, -0.2) is 0 Å². The Labute approximate surface area is 52.6 Å². The van der Waals surface area contributed by atoms with Crippen molar-refractivity contribution in [3.8, 4) is 0 Å². The maximum Gasteiger partial charge on any atom is 0.0228 e. The molecule has 0 amide bonds. The Morgan fingerprint density at radius 3 is 2.86 bits per heavy atom. The third kappa shape index (κ3) is 6.74. The van der Waals surface area contributed by atoms with E-state index < -0.39 is 0 Å². The van der Waals surface area contributed by atoms with Gasteiger partial charge in [0.15, 0.2) is 0 Å². The van der Waals surface area contributed by atoms with Gasteiger partial charge in [-0.2, -0.15) is 0 Å². The Balaban J connectivity index is 2.45. The summed E-state index contributed by atoms with van der Waals surface area (Å²) < 4.78 is 2.81. The average Bonchev–Trinajstić information content (AvgIpc) is 1.69. The minimum atomic E-state index is 1.04. The van der Waals surface area contributed by atoms with E-state index in [1.54, 1.807) is 0 Å². The van der Waals surface area contributed by atoms with E-state index in [0.717, 1.165) is 14.9 Å². The van der Waals surface area contributed by atoms with E-state index in [0.29, 0.717) is 0 Å².